The number of nitrogen functional groups attached to an aromatic ring is 1. The van der Waals surface area contributed by atoms with Crippen molar-refractivity contribution >= 4 is 5.82 Å². The van der Waals surface area contributed by atoms with Gasteiger partial charge in [0.1, 0.15) is 5.82 Å². The van der Waals surface area contributed by atoms with Gasteiger partial charge in [0.2, 0.25) is 0 Å². The number of nitrogens with zero attached hydrogens (tertiary/aromatic N) is 3. The standard InChI is InChI=1S/C12H16N4/c1-2-3-11-9-16(15-12(11)13)8-10-4-6-14-7-5-10/h4-7,9H,2-3,8H2,1H3,(H2,13,15). The number of hydrogen-bond acceptors (Lipinski definition) is 3. The maximum absolute atomic E-state index is 5.84. The Morgan fingerprint density at radius 3 is 2.75 bits per heavy atom. The average molecular weight is 216 g/mol. The van der Waals surface area contributed by atoms with E-state index in [4.69, 9.17) is 5.73 Å². The first kappa shape index (κ1) is 10.7. The van der Waals surface area contributed by atoms with Gasteiger partial charge in [0.05, 0.1) is 6.54 Å². The predicted molar refractivity (Wildman–Crippen MR) is 64.0 cm³/mol. The summed E-state index contributed by atoms with van der Waals surface area (Å²) in [6.07, 6.45) is 7.68. The molecule has 0 aliphatic rings. The van der Waals surface area contributed by atoms with Crippen LogP contribution in [0.3, 0.4) is 0 Å². The van der Waals surface area contributed by atoms with Crippen LogP contribution in [0, 0.1) is 0 Å². The quantitative estimate of drug-likeness (QED) is 0.848. The van der Waals surface area contributed by atoms with Gasteiger partial charge in [-0.25, -0.2) is 0 Å². The summed E-state index contributed by atoms with van der Waals surface area (Å²) in [5.41, 5.74) is 8.15. The van der Waals surface area contributed by atoms with Gasteiger partial charge in [0.15, 0.2) is 0 Å². The molecule has 0 saturated heterocycles. The highest BCUT2D eigenvalue weighted by molar-refractivity contribution is 5.37. The Kier molecular flexibility index (Phi) is 3.19. The molecule has 0 bridgehead atoms. The molecule has 0 atom stereocenters. The van der Waals surface area contributed by atoms with Gasteiger partial charge in [-0.1, -0.05) is 13.3 Å². The highest BCUT2D eigenvalue weighted by atomic mass is 15.3. The van der Waals surface area contributed by atoms with Gasteiger partial charge >= 0.3 is 0 Å². The number of aryl methyl sites for hydroxylation is 1. The summed E-state index contributed by atoms with van der Waals surface area (Å²) in [4.78, 5) is 3.98. The molecule has 2 rings (SSSR count). The van der Waals surface area contributed by atoms with Crippen molar-refractivity contribution in [3.05, 3.63) is 41.9 Å². The van der Waals surface area contributed by atoms with Crippen molar-refractivity contribution in [3.8, 4) is 0 Å². The van der Waals surface area contributed by atoms with Crippen LogP contribution in [0.1, 0.15) is 24.5 Å². The van der Waals surface area contributed by atoms with Crippen molar-refractivity contribution in [2.45, 2.75) is 26.3 Å². The van der Waals surface area contributed by atoms with Crippen LogP contribution in [0.25, 0.3) is 0 Å². The maximum atomic E-state index is 5.84. The Balaban J connectivity index is 2.13. The average Bonchev–Trinajstić information content (AvgIpc) is 2.61. The number of aromatic nitrogens is 3. The molecule has 4 nitrogen and oxygen atoms in total. The van der Waals surface area contributed by atoms with Crippen molar-refractivity contribution in [2.24, 2.45) is 0 Å². The number of pyridine rings is 1. The molecule has 2 N–H and O–H groups in total. The lowest BCUT2D eigenvalue weighted by molar-refractivity contribution is 0.688. The number of anilines is 1. The summed E-state index contributed by atoms with van der Waals surface area (Å²) in [5, 5.41) is 4.30. The predicted octanol–water partition coefficient (Wildman–Crippen LogP) is 1.86. The second kappa shape index (κ2) is 4.79. The zero-order valence-electron chi connectivity index (χ0n) is 9.43. The van der Waals surface area contributed by atoms with E-state index in [1.807, 2.05) is 23.0 Å². The topological polar surface area (TPSA) is 56.7 Å². The highest BCUT2D eigenvalue weighted by Crippen LogP contribution is 2.12. The van der Waals surface area contributed by atoms with Crippen molar-refractivity contribution in [1.29, 1.82) is 0 Å². The van der Waals surface area contributed by atoms with Crippen molar-refractivity contribution < 1.29 is 0 Å². The van der Waals surface area contributed by atoms with E-state index in [9.17, 15) is 0 Å². The van der Waals surface area contributed by atoms with Crippen molar-refractivity contribution in [2.75, 3.05) is 5.73 Å². The van der Waals surface area contributed by atoms with E-state index < -0.39 is 0 Å². The summed E-state index contributed by atoms with van der Waals surface area (Å²) in [6.45, 7) is 2.88. The van der Waals surface area contributed by atoms with Crippen LogP contribution >= 0.6 is 0 Å². The third kappa shape index (κ3) is 2.39. The Bertz CT molecular complexity index is 447. The minimum absolute atomic E-state index is 0.649. The van der Waals surface area contributed by atoms with Gasteiger partial charge in [0.25, 0.3) is 0 Å². The molecular weight excluding hydrogens is 200 g/mol. The van der Waals surface area contributed by atoms with Crippen LogP contribution < -0.4 is 5.73 Å². The molecule has 0 amide bonds. The van der Waals surface area contributed by atoms with E-state index in [1.165, 1.54) is 5.56 Å². The van der Waals surface area contributed by atoms with Gasteiger partial charge in [-0.3, -0.25) is 9.67 Å². The molecule has 0 aliphatic carbocycles. The molecule has 2 aromatic heterocycles. The fraction of sp³-hybridized carbons (Fsp3) is 0.333. The fourth-order valence-corrected chi connectivity index (χ4v) is 1.70. The molecular formula is C12H16N4. The normalized spacial score (nSPS) is 10.6. The lowest BCUT2D eigenvalue weighted by Crippen LogP contribution is -2.00. The summed E-state index contributed by atoms with van der Waals surface area (Å²) >= 11 is 0. The number of nitrogens with two attached hydrogens (primary N) is 1. The number of rotatable bonds is 4. The first-order valence-electron chi connectivity index (χ1n) is 5.50. The van der Waals surface area contributed by atoms with E-state index in [0.717, 1.165) is 24.9 Å². The third-order valence-corrected chi connectivity index (χ3v) is 2.48. The van der Waals surface area contributed by atoms with Gasteiger partial charge in [-0.15, -0.1) is 0 Å². The fourth-order valence-electron chi connectivity index (χ4n) is 1.70. The van der Waals surface area contributed by atoms with Crippen LogP contribution in [-0.4, -0.2) is 14.8 Å². The van der Waals surface area contributed by atoms with E-state index in [-0.39, 0.29) is 0 Å². The van der Waals surface area contributed by atoms with E-state index >= 15 is 0 Å². The first-order chi connectivity index (χ1) is 7.79. The van der Waals surface area contributed by atoms with Crippen molar-refractivity contribution in [1.82, 2.24) is 14.8 Å². The monoisotopic (exact) mass is 216 g/mol. The molecule has 0 saturated carbocycles. The highest BCUT2D eigenvalue weighted by Gasteiger charge is 2.04. The van der Waals surface area contributed by atoms with Crippen molar-refractivity contribution in [3.63, 3.8) is 0 Å². The van der Waals surface area contributed by atoms with Gasteiger partial charge in [-0.05, 0) is 24.1 Å². The SMILES string of the molecule is CCCc1cn(Cc2ccncc2)nc1N. The van der Waals surface area contributed by atoms with Crippen LogP contribution in [-0.2, 0) is 13.0 Å². The van der Waals surface area contributed by atoms with E-state index in [2.05, 4.69) is 17.0 Å². The summed E-state index contributed by atoms with van der Waals surface area (Å²) in [7, 11) is 0. The third-order valence-electron chi connectivity index (χ3n) is 2.48. The van der Waals surface area contributed by atoms with Gasteiger partial charge < -0.3 is 5.73 Å². The molecule has 0 unspecified atom stereocenters. The summed E-state index contributed by atoms with van der Waals surface area (Å²) < 4.78 is 1.88. The van der Waals surface area contributed by atoms with Crippen LogP contribution in [0.4, 0.5) is 5.82 Å². The van der Waals surface area contributed by atoms with Gasteiger partial charge in [-0.2, -0.15) is 5.10 Å². The zero-order valence-corrected chi connectivity index (χ0v) is 9.43. The van der Waals surface area contributed by atoms with E-state index in [0.29, 0.717) is 5.82 Å². The van der Waals surface area contributed by atoms with Crippen LogP contribution in [0.15, 0.2) is 30.7 Å². The van der Waals surface area contributed by atoms with E-state index in [1.54, 1.807) is 12.4 Å². The van der Waals surface area contributed by atoms with Crippen LogP contribution in [0.2, 0.25) is 0 Å². The maximum Gasteiger partial charge on any atom is 0.148 e. The lowest BCUT2D eigenvalue weighted by atomic mass is 10.2. The Morgan fingerprint density at radius 2 is 2.06 bits per heavy atom. The zero-order chi connectivity index (χ0) is 11.4. The minimum Gasteiger partial charge on any atom is -0.382 e. The molecule has 4 heteroatoms. The Morgan fingerprint density at radius 1 is 1.31 bits per heavy atom. The molecule has 0 aromatic carbocycles. The molecule has 2 aromatic rings. The second-order valence-electron chi connectivity index (χ2n) is 3.84. The molecule has 84 valence electrons. The molecule has 2 heterocycles. The lowest BCUT2D eigenvalue weighted by Gasteiger charge is -2.00. The van der Waals surface area contributed by atoms with Crippen LogP contribution in [0.5, 0.6) is 0 Å². The molecule has 0 radical (unpaired) electrons. The second-order valence-corrected chi connectivity index (χ2v) is 3.84. The molecule has 0 aliphatic heterocycles. The molecule has 0 spiro atoms. The smallest absolute Gasteiger partial charge is 0.148 e. The minimum atomic E-state index is 0.649. The summed E-state index contributed by atoms with van der Waals surface area (Å²) in [5.74, 6) is 0.649. The first-order valence-corrected chi connectivity index (χ1v) is 5.50. The molecule has 16 heavy (non-hydrogen) atoms. The Hall–Kier alpha value is -1.84. The molecule has 0 fully saturated rings. The Labute approximate surface area is 95.1 Å². The number of hydrogen-bond donors (Lipinski definition) is 1. The summed E-state index contributed by atoms with van der Waals surface area (Å²) in [6, 6.07) is 3.97. The largest absolute Gasteiger partial charge is 0.382 e. The van der Waals surface area contributed by atoms with Gasteiger partial charge in [0, 0.05) is 24.2 Å².